The molecule has 3 rings (SSSR count). The molecule has 0 aliphatic carbocycles. The number of aromatic hydroxyl groups is 1. The number of ether oxygens (including phenoxy) is 1. The molecule has 0 saturated carbocycles. The molecule has 0 atom stereocenters. The predicted molar refractivity (Wildman–Crippen MR) is 107 cm³/mol. The standard InChI is InChI=1S/C19H16N4O4S/c1-2-27-14-6-3-12(4-7-14)22-23-13-5-8-16(24)11(9-13)10-15-17(25)20-19(28)21-18(15)26/h3-10,24H,2H2,1H3,(H2,20,21,25,26,28). The van der Waals surface area contributed by atoms with Crippen molar-refractivity contribution >= 4 is 46.6 Å². The van der Waals surface area contributed by atoms with E-state index in [2.05, 4.69) is 20.9 Å². The van der Waals surface area contributed by atoms with Crippen LogP contribution < -0.4 is 15.4 Å². The third-order valence-electron chi connectivity index (χ3n) is 3.68. The summed E-state index contributed by atoms with van der Waals surface area (Å²) in [4.78, 5) is 23.9. The molecule has 2 amide bonds. The maximum absolute atomic E-state index is 11.9. The van der Waals surface area contributed by atoms with Gasteiger partial charge in [-0.05, 0) is 67.7 Å². The van der Waals surface area contributed by atoms with Crippen LogP contribution in [0.3, 0.4) is 0 Å². The minimum absolute atomic E-state index is 0.0609. The number of hydrogen-bond acceptors (Lipinski definition) is 7. The Morgan fingerprint density at radius 3 is 2.29 bits per heavy atom. The van der Waals surface area contributed by atoms with E-state index in [1.807, 2.05) is 6.92 Å². The molecule has 1 aliphatic heterocycles. The number of phenols is 1. The third kappa shape index (κ3) is 4.57. The fourth-order valence-electron chi connectivity index (χ4n) is 2.37. The Hall–Kier alpha value is -3.59. The van der Waals surface area contributed by atoms with Crippen LogP contribution in [0.4, 0.5) is 11.4 Å². The van der Waals surface area contributed by atoms with E-state index in [9.17, 15) is 14.7 Å². The molecular formula is C19H16N4O4S. The fraction of sp³-hybridized carbons (Fsp3) is 0.105. The van der Waals surface area contributed by atoms with Gasteiger partial charge in [-0.3, -0.25) is 20.2 Å². The molecule has 3 N–H and O–H groups in total. The van der Waals surface area contributed by atoms with Gasteiger partial charge in [-0.25, -0.2) is 0 Å². The highest BCUT2D eigenvalue weighted by atomic mass is 32.1. The maximum atomic E-state index is 11.9. The smallest absolute Gasteiger partial charge is 0.263 e. The van der Waals surface area contributed by atoms with Gasteiger partial charge in [0.1, 0.15) is 17.1 Å². The molecule has 0 bridgehead atoms. The van der Waals surface area contributed by atoms with Crippen molar-refractivity contribution in [3.63, 3.8) is 0 Å². The quantitative estimate of drug-likeness (QED) is 0.311. The zero-order valence-electron chi connectivity index (χ0n) is 14.8. The third-order valence-corrected chi connectivity index (χ3v) is 3.89. The monoisotopic (exact) mass is 396 g/mol. The van der Waals surface area contributed by atoms with Crippen molar-refractivity contribution < 1.29 is 19.4 Å². The molecule has 2 aromatic carbocycles. The molecule has 28 heavy (non-hydrogen) atoms. The SMILES string of the molecule is CCOc1ccc(N=Nc2ccc(O)c(C=C3C(=O)NC(=S)NC3=O)c2)cc1. The number of carbonyl (C=O) groups excluding carboxylic acids is 2. The van der Waals surface area contributed by atoms with Crippen molar-refractivity contribution in [1.29, 1.82) is 0 Å². The van der Waals surface area contributed by atoms with Gasteiger partial charge >= 0.3 is 0 Å². The highest BCUT2D eigenvalue weighted by Crippen LogP contribution is 2.28. The first kappa shape index (κ1) is 19.2. The summed E-state index contributed by atoms with van der Waals surface area (Å²) in [6.45, 7) is 2.48. The minimum atomic E-state index is -0.644. The Kier molecular flexibility index (Phi) is 5.75. The fourth-order valence-corrected chi connectivity index (χ4v) is 2.56. The molecule has 1 saturated heterocycles. The van der Waals surface area contributed by atoms with E-state index in [0.717, 1.165) is 5.75 Å². The number of amides is 2. The van der Waals surface area contributed by atoms with Crippen LogP contribution in [0.25, 0.3) is 6.08 Å². The average molecular weight is 396 g/mol. The summed E-state index contributed by atoms with van der Waals surface area (Å²) < 4.78 is 5.37. The second kappa shape index (κ2) is 8.40. The molecule has 2 aromatic rings. The summed E-state index contributed by atoms with van der Waals surface area (Å²) in [6, 6.07) is 11.6. The predicted octanol–water partition coefficient (Wildman–Crippen LogP) is 3.12. The highest BCUT2D eigenvalue weighted by molar-refractivity contribution is 7.80. The summed E-state index contributed by atoms with van der Waals surface area (Å²) in [6.07, 6.45) is 1.26. The van der Waals surface area contributed by atoms with Crippen LogP contribution >= 0.6 is 12.2 Å². The van der Waals surface area contributed by atoms with Crippen molar-refractivity contribution in [2.45, 2.75) is 6.92 Å². The Balaban J connectivity index is 1.83. The lowest BCUT2D eigenvalue weighted by molar-refractivity contribution is -0.123. The first-order valence-electron chi connectivity index (χ1n) is 8.32. The first-order valence-corrected chi connectivity index (χ1v) is 8.73. The number of rotatable bonds is 5. The summed E-state index contributed by atoms with van der Waals surface area (Å²) in [5.74, 6) is -0.658. The summed E-state index contributed by atoms with van der Waals surface area (Å²) >= 11 is 4.75. The Labute approximate surface area is 165 Å². The molecule has 1 fully saturated rings. The van der Waals surface area contributed by atoms with Gasteiger partial charge in [-0.1, -0.05) is 0 Å². The zero-order valence-corrected chi connectivity index (χ0v) is 15.6. The largest absolute Gasteiger partial charge is 0.507 e. The lowest BCUT2D eigenvalue weighted by atomic mass is 10.1. The van der Waals surface area contributed by atoms with Crippen LogP contribution in [0.15, 0.2) is 58.3 Å². The van der Waals surface area contributed by atoms with Crippen LogP contribution in [0.1, 0.15) is 12.5 Å². The van der Waals surface area contributed by atoms with Crippen molar-refractivity contribution in [2.75, 3.05) is 6.61 Å². The van der Waals surface area contributed by atoms with Crippen LogP contribution in [-0.4, -0.2) is 28.6 Å². The summed E-state index contributed by atoms with van der Waals surface area (Å²) in [5.41, 5.74) is 1.13. The van der Waals surface area contributed by atoms with Gasteiger partial charge in [0.05, 0.1) is 18.0 Å². The Morgan fingerprint density at radius 1 is 1.04 bits per heavy atom. The number of phenolic OH excluding ortho intramolecular Hbond substituents is 1. The maximum Gasteiger partial charge on any atom is 0.263 e. The highest BCUT2D eigenvalue weighted by Gasteiger charge is 2.26. The molecule has 8 nitrogen and oxygen atoms in total. The zero-order chi connectivity index (χ0) is 20.1. The van der Waals surface area contributed by atoms with E-state index >= 15 is 0 Å². The second-order valence-corrected chi connectivity index (χ2v) is 6.07. The lowest BCUT2D eigenvalue weighted by Gasteiger charge is -2.16. The van der Waals surface area contributed by atoms with Crippen LogP contribution in [0.2, 0.25) is 0 Å². The van der Waals surface area contributed by atoms with Gasteiger partial charge in [-0.15, -0.1) is 0 Å². The average Bonchev–Trinajstić information content (AvgIpc) is 2.66. The molecule has 1 aliphatic rings. The van der Waals surface area contributed by atoms with E-state index in [1.54, 1.807) is 30.3 Å². The van der Waals surface area contributed by atoms with Gasteiger partial charge in [0.15, 0.2) is 5.11 Å². The van der Waals surface area contributed by atoms with E-state index in [1.165, 1.54) is 18.2 Å². The normalized spacial score (nSPS) is 14.0. The van der Waals surface area contributed by atoms with E-state index in [0.29, 0.717) is 18.0 Å². The van der Waals surface area contributed by atoms with Gasteiger partial charge in [-0.2, -0.15) is 10.2 Å². The van der Waals surface area contributed by atoms with Gasteiger partial charge in [0.25, 0.3) is 11.8 Å². The van der Waals surface area contributed by atoms with Crippen molar-refractivity contribution in [3.8, 4) is 11.5 Å². The minimum Gasteiger partial charge on any atom is -0.507 e. The summed E-state index contributed by atoms with van der Waals surface area (Å²) in [5, 5.41) is 22.9. The number of hydrogen-bond donors (Lipinski definition) is 3. The van der Waals surface area contributed by atoms with Gasteiger partial charge < -0.3 is 9.84 Å². The molecule has 0 radical (unpaired) electrons. The van der Waals surface area contributed by atoms with Crippen LogP contribution in [0.5, 0.6) is 11.5 Å². The lowest BCUT2D eigenvalue weighted by Crippen LogP contribution is -2.51. The number of nitrogens with one attached hydrogen (secondary N) is 2. The van der Waals surface area contributed by atoms with Gasteiger partial charge in [0, 0.05) is 5.56 Å². The number of benzene rings is 2. The molecule has 1 heterocycles. The number of carbonyl (C=O) groups is 2. The first-order chi connectivity index (χ1) is 13.5. The topological polar surface area (TPSA) is 112 Å². The molecule has 142 valence electrons. The van der Waals surface area contributed by atoms with E-state index in [4.69, 9.17) is 17.0 Å². The summed E-state index contributed by atoms with van der Waals surface area (Å²) in [7, 11) is 0. The van der Waals surface area contributed by atoms with Crippen molar-refractivity contribution in [2.24, 2.45) is 10.2 Å². The Morgan fingerprint density at radius 2 is 1.64 bits per heavy atom. The van der Waals surface area contributed by atoms with Crippen LogP contribution in [-0.2, 0) is 9.59 Å². The molecule has 0 aromatic heterocycles. The number of nitrogens with zero attached hydrogens (tertiary/aromatic N) is 2. The molecule has 0 unspecified atom stereocenters. The number of azo groups is 1. The second-order valence-electron chi connectivity index (χ2n) is 5.67. The van der Waals surface area contributed by atoms with E-state index in [-0.39, 0.29) is 22.0 Å². The number of thiocarbonyl (C=S) groups is 1. The van der Waals surface area contributed by atoms with Gasteiger partial charge in [0.2, 0.25) is 0 Å². The Bertz CT molecular complexity index is 977. The molecular weight excluding hydrogens is 380 g/mol. The van der Waals surface area contributed by atoms with Crippen molar-refractivity contribution in [1.82, 2.24) is 10.6 Å². The molecule has 9 heteroatoms. The van der Waals surface area contributed by atoms with E-state index < -0.39 is 11.8 Å². The van der Waals surface area contributed by atoms with Crippen LogP contribution in [0, 0.1) is 0 Å². The van der Waals surface area contributed by atoms with Crippen molar-refractivity contribution in [3.05, 3.63) is 53.6 Å². The molecule has 0 spiro atoms.